The van der Waals surface area contributed by atoms with Crippen molar-refractivity contribution in [2.45, 2.75) is 20.0 Å². The zero-order valence-corrected chi connectivity index (χ0v) is 15.6. The first-order valence-corrected chi connectivity index (χ1v) is 9.28. The van der Waals surface area contributed by atoms with Crippen LogP contribution in [0.15, 0.2) is 48.7 Å². The number of hydrogen-bond donors (Lipinski definition) is 0. The maximum absolute atomic E-state index is 4.27. The van der Waals surface area contributed by atoms with Crippen LogP contribution in [0, 0.1) is 6.92 Å². The summed E-state index contributed by atoms with van der Waals surface area (Å²) in [6.07, 6.45) is 1.91. The Labute approximate surface area is 152 Å². The number of pyridine rings is 1. The van der Waals surface area contributed by atoms with Gasteiger partial charge in [-0.05, 0) is 37.2 Å². The molecule has 0 spiro atoms. The van der Waals surface area contributed by atoms with Gasteiger partial charge in [0.05, 0.1) is 0 Å². The van der Waals surface area contributed by atoms with Crippen molar-refractivity contribution in [3.63, 3.8) is 0 Å². The average molecular weight is 338 g/mol. The van der Waals surface area contributed by atoms with E-state index in [0.29, 0.717) is 0 Å². The molecule has 0 aliphatic carbocycles. The van der Waals surface area contributed by atoms with E-state index in [4.69, 9.17) is 0 Å². The lowest BCUT2D eigenvalue weighted by atomic mass is 10.2. The standard InChI is InChI=1S/C21H30N4/c1-19-16-21(8-9-22-19)17-23(2)10-11-24-12-14-25(15-13-24)18-20-6-4-3-5-7-20/h3-9,16H,10-15,17-18H2,1-2H3. The van der Waals surface area contributed by atoms with Gasteiger partial charge in [-0.25, -0.2) is 0 Å². The summed E-state index contributed by atoms with van der Waals surface area (Å²) in [6, 6.07) is 15.1. The molecular formula is C21H30N4. The molecular weight excluding hydrogens is 308 g/mol. The minimum absolute atomic E-state index is 0.997. The Balaban J connectivity index is 1.36. The highest BCUT2D eigenvalue weighted by atomic mass is 15.3. The molecule has 1 aromatic carbocycles. The molecule has 1 aromatic heterocycles. The molecule has 4 nitrogen and oxygen atoms in total. The average Bonchev–Trinajstić information content (AvgIpc) is 2.62. The zero-order chi connectivity index (χ0) is 17.5. The number of piperazine rings is 1. The number of rotatable bonds is 7. The number of nitrogens with zero attached hydrogens (tertiary/aromatic N) is 4. The predicted octanol–water partition coefficient (Wildman–Crippen LogP) is 2.64. The van der Waals surface area contributed by atoms with E-state index >= 15 is 0 Å². The molecule has 25 heavy (non-hydrogen) atoms. The van der Waals surface area contributed by atoms with Gasteiger partial charge in [-0.1, -0.05) is 30.3 Å². The van der Waals surface area contributed by atoms with Crippen molar-refractivity contribution < 1.29 is 0 Å². The zero-order valence-electron chi connectivity index (χ0n) is 15.6. The summed E-state index contributed by atoms with van der Waals surface area (Å²) < 4.78 is 0. The topological polar surface area (TPSA) is 22.6 Å². The Morgan fingerprint density at radius 1 is 0.960 bits per heavy atom. The van der Waals surface area contributed by atoms with E-state index in [0.717, 1.165) is 31.9 Å². The molecule has 1 saturated heterocycles. The third-order valence-corrected chi connectivity index (χ3v) is 4.93. The van der Waals surface area contributed by atoms with Gasteiger partial charge in [-0.2, -0.15) is 0 Å². The highest BCUT2D eigenvalue weighted by molar-refractivity contribution is 5.15. The first-order chi connectivity index (χ1) is 12.2. The quantitative estimate of drug-likeness (QED) is 0.774. The largest absolute Gasteiger partial charge is 0.301 e. The normalized spacial score (nSPS) is 16.4. The number of hydrogen-bond acceptors (Lipinski definition) is 4. The Morgan fingerprint density at radius 3 is 2.40 bits per heavy atom. The molecule has 0 unspecified atom stereocenters. The number of aromatic nitrogens is 1. The molecule has 1 aliphatic heterocycles. The molecule has 0 atom stereocenters. The molecule has 134 valence electrons. The number of likely N-dealkylation sites (N-methyl/N-ethyl adjacent to an activating group) is 1. The fourth-order valence-electron chi connectivity index (χ4n) is 3.42. The van der Waals surface area contributed by atoms with Crippen LogP contribution in [-0.2, 0) is 13.1 Å². The van der Waals surface area contributed by atoms with E-state index < -0.39 is 0 Å². The molecule has 0 amide bonds. The summed E-state index contributed by atoms with van der Waals surface area (Å²) >= 11 is 0. The first-order valence-electron chi connectivity index (χ1n) is 9.28. The number of aryl methyl sites for hydroxylation is 1. The molecule has 1 fully saturated rings. The van der Waals surface area contributed by atoms with Crippen molar-refractivity contribution in [2.24, 2.45) is 0 Å². The van der Waals surface area contributed by atoms with Crippen molar-refractivity contribution in [1.82, 2.24) is 19.7 Å². The van der Waals surface area contributed by atoms with E-state index in [9.17, 15) is 0 Å². The van der Waals surface area contributed by atoms with E-state index in [1.165, 1.54) is 37.3 Å². The third kappa shape index (κ3) is 5.92. The Bertz CT molecular complexity index is 635. The SMILES string of the molecule is Cc1cc(CN(C)CCN2CCN(Cc3ccccc3)CC2)ccn1. The van der Waals surface area contributed by atoms with Crippen LogP contribution in [0.2, 0.25) is 0 Å². The van der Waals surface area contributed by atoms with Gasteiger partial charge in [0.2, 0.25) is 0 Å². The van der Waals surface area contributed by atoms with Gasteiger partial charge in [-0.15, -0.1) is 0 Å². The van der Waals surface area contributed by atoms with Crippen LogP contribution < -0.4 is 0 Å². The highest BCUT2D eigenvalue weighted by Gasteiger charge is 2.17. The van der Waals surface area contributed by atoms with Gasteiger partial charge >= 0.3 is 0 Å². The first kappa shape index (κ1) is 18.1. The van der Waals surface area contributed by atoms with Crippen LogP contribution in [0.25, 0.3) is 0 Å². The molecule has 2 heterocycles. The molecule has 1 aliphatic rings. The smallest absolute Gasteiger partial charge is 0.0375 e. The van der Waals surface area contributed by atoms with Crippen molar-refractivity contribution in [3.05, 3.63) is 65.5 Å². The van der Waals surface area contributed by atoms with Crippen LogP contribution >= 0.6 is 0 Å². The second-order valence-corrected chi connectivity index (χ2v) is 7.15. The van der Waals surface area contributed by atoms with E-state index in [2.05, 4.69) is 76.1 Å². The third-order valence-electron chi connectivity index (χ3n) is 4.93. The Hall–Kier alpha value is -1.75. The lowest BCUT2D eigenvalue weighted by Crippen LogP contribution is -2.47. The lowest BCUT2D eigenvalue weighted by Gasteiger charge is -2.35. The molecule has 0 saturated carbocycles. The molecule has 0 N–H and O–H groups in total. The fraction of sp³-hybridized carbons (Fsp3) is 0.476. The predicted molar refractivity (Wildman–Crippen MR) is 103 cm³/mol. The number of benzene rings is 1. The van der Waals surface area contributed by atoms with Gasteiger partial charge in [0.15, 0.2) is 0 Å². The van der Waals surface area contributed by atoms with Crippen molar-refractivity contribution >= 4 is 0 Å². The second-order valence-electron chi connectivity index (χ2n) is 7.15. The van der Waals surface area contributed by atoms with Crippen LogP contribution in [0.3, 0.4) is 0 Å². The fourth-order valence-corrected chi connectivity index (χ4v) is 3.42. The Kier molecular flexibility index (Phi) is 6.56. The molecule has 4 heteroatoms. The summed E-state index contributed by atoms with van der Waals surface area (Å²) in [5.41, 5.74) is 3.87. The van der Waals surface area contributed by atoms with Crippen molar-refractivity contribution in [1.29, 1.82) is 0 Å². The van der Waals surface area contributed by atoms with Crippen molar-refractivity contribution in [2.75, 3.05) is 46.3 Å². The Morgan fingerprint density at radius 2 is 1.68 bits per heavy atom. The van der Waals surface area contributed by atoms with Crippen LogP contribution in [0.5, 0.6) is 0 Å². The van der Waals surface area contributed by atoms with Crippen LogP contribution in [0.4, 0.5) is 0 Å². The summed E-state index contributed by atoms with van der Waals surface area (Å²) in [7, 11) is 2.21. The molecule has 2 aromatic rings. The summed E-state index contributed by atoms with van der Waals surface area (Å²) in [5.74, 6) is 0. The second kappa shape index (κ2) is 9.09. The maximum Gasteiger partial charge on any atom is 0.0375 e. The monoisotopic (exact) mass is 338 g/mol. The van der Waals surface area contributed by atoms with Gasteiger partial charge in [0.25, 0.3) is 0 Å². The van der Waals surface area contributed by atoms with Crippen molar-refractivity contribution in [3.8, 4) is 0 Å². The highest BCUT2D eigenvalue weighted by Crippen LogP contribution is 2.09. The van der Waals surface area contributed by atoms with Crippen LogP contribution in [0.1, 0.15) is 16.8 Å². The summed E-state index contributed by atoms with van der Waals surface area (Å²) in [4.78, 5) is 11.8. The lowest BCUT2D eigenvalue weighted by molar-refractivity contribution is 0.117. The minimum atomic E-state index is 0.997. The van der Waals surface area contributed by atoms with E-state index in [1.54, 1.807) is 0 Å². The van der Waals surface area contributed by atoms with Gasteiger partial charge < -0.3 is 4.90 Å². The molecule has 0 radical (unpaired) electrons. The minimum Gasteiger partial charge on any atom is -0.301 e. The summed E-state index contributed by atoms with van der Waals surface area (Å²) in [6.45, 7) is 11.1. The molecule has 0 bridgehead atoms. The van der Waals surface area contributed by atoms with Crippen LogP contribution in [-0.4, -0.2) is 66.0 Å². The van der Waals surface area contributed by atoms with E-state index in [-0.39, 0.29) is 0 Å². The molecule has 3 rings (SSSR count). The summed E-state index contributed by atoms with van der Waals surface area (Å²) in [5, 5.41) is 0. The van der Waals surface area contributed by atoms with Gasteiger partial charge in [0.1, 0.15) is 0 Å². The van der Waals surface area contributed by atoms with E-state index in [1.807, 2.05) is 6.20 Å². The van der Waals surface area contributed by atoms with Gasteiger partial charge in [-0.3, -0.25) is 14.8 Å². The van der Waals surface area contributed by atoms with Gasteiger partial charge in [0, 0.05) is 64.2 Å². The maximum atomic E-state index is 4.27.